The molecule has 0 radical (unpaired) electrons. The van der Waals surface area contributed by atoms with E-state index in [0.717, 1.165) is 32.1 Å². The van der Waals surface area contributed by atoms with Gasteiger partial charge in [-0.15, -0.1) is 0 Å². The van der Waals surface area contributed by atoms with Gasteiger partial charge in [0.25, 0.3) is 0 Å². The van der Waals surface area contributed by atoms with Crippen LogP contribution >= 0.6 is 0 Å². The molecule has 5 rings (SSSR count). The van der Waals surface area contributed by atoms with Crippen molar-refractivity contribution in [3.63, 3.8) is 0 Å². The molecule has 0 N–H and O–H groups in total. The van der Waals surface area contributed by atoms with Crippen LogP contribution in [0.3, 0.4) is 0 Å². The van der Waals surface area contributed by atoms with Gasteiger partial charge in [-0.3, -0.25) is 9.59 Å². The van der Waals surface area contributed by atoms with Crippen LogP contribution in [0.25, 0.3) is 0 Å². The molecule has 1 heterocycles. The van der Waals surface area contributed by atoms with Crippen LogP contribution in [-0.2, 0) is 14.3 Å². The highest BCUT2D eigenvalue weighted by Gasteiger charge is 2.64. The normalized spacial score (nSPS) is 47.8. The Balaban J connectivity index is 1.58. The topological polar surface area (TPSA) is 43.4 Å². The minimum atomic E-state index is -0.246. The maximum Gasteiger partial charge on any atom is 0.306 e. The zero-order chi connectivity index (χ0) is 17.4. The van der Waals surface area contributed by atoms with E-state index >= 15 is 0 Å². The van der Waals surface area contributed by atoms with E-state index in [0.29, 0.717) is 24.7 Å². The number of carbonyl (C=O) groups is 2. The van der Waals surface area contributed by atoms with Gasteiger partial charge in [-0.2, -0.15) is 0 Å². The van der Waals surface area contributed by atoms with Gasteiger partial charge in [-0.25, -0.2) is 0 Å². The van der Waals surface area contributed by atoms with Crippen LogP contribution in [-0.4, -0.2) is 17.4 Å². The monoisotopic (exact) mass is 338 g/mol. The van der Waals surface area contributed by atoms with Gasteiger partial charge in [0.05, 0.1) is 0 Å². The van der Waals surface area contributed by atoms with Crippen molar-refractivity contribution >= 4 is 11.8 Å². The minimum Gasteiger partial charge on any atom is -0.458 e. The van der Waals surface area contributed by atoms with Crippen LogP contribution in [0, 0.1) is 22.7 Å². The van der Waals surface area contributed by atoms with Gasteiger partial charge in [0.2, 0.25) is 0 Å². The van der Waals surface area contributed by atoms with Gasteiger partial charge in [0.15, 0.2) is 5.78 Å². The number of rotatable bonds is 0. The number of allylic oxidation sites excluding steroid dienone is 6. The number of esters is 1. The van der Waals surface area contributed by atoms with Crippen LogP contribution in [0.5, 0.6) is 0 Å². The molecule has 3 heteroatoms. The average Bonchev–Trinajstić information content (AvgIpc) is 3.10. The highest BCUT2D eigenvalue weighted by atomic mass is 16.6. The van der Waals surface area contributed by atoms with Crippen LogP contribution < -0.4 is 0 Å². The highest BCUT2D eigenvalue weighted by molar-refractivity contribution is 5.92. The predicted molar refractivity (Wildman–Crippen MR) is 94.6 cm³/mol. The first-order valence-corrected chi connectivity index (χ1v) is 9.74. The van der Waals surface area contributed by atoms with Crippen LogP contribution in [0.1, 0.15) is 58.8 Å². The Hall–Kier alpha value is -1.64. The molecule has 2 fully saturated rings. The molecule has 25 heavy (non-hydrogen) atoms. The van der Waals surface area contributed by atoms with Crippen molar-refractivity contribution in [1.82, 2.24) is 0 Å². The third-order valence-corrected chi connectivity index (χ3v) is 8.24. The lowest BCUT2D eigenvalue weighted by Gasteiger charge is -2.52. The first kappa shape index (κ1) is 15.6. The summed E-state index contributed by atoms with van der Waals surface area (Å²) < 4.78 is 5.96. The molecular weight excluding hydrogens is 312 g/mol. The fourth-order valence-electron chi connectivity index (χ4n) is 6.62. The lowest BCUT2D eigenvalue weighted by molar-refractivity contribution is -0.159. The predicted octanol–water partition coefficient (Wildman–Crippen LogP) is 4.29. The van der Waals surface area contributed by atoms with E-state index in [4.69, 9.17) is 4.74 Å². The molecule has 5 atom stereocenters. The molecular formula is C22H26O3. The largest absolute Gasteiger partial charge is 0.458 e. The van der Waals surface area contributed by atoms with Gasteiger partial charge < -0.3 is 4.74 Å². The van der Waals surface area contributed by atoms with E-state index in [9.17, 15) is 9.59 Å². The molecule has 0 aromatic heterocycles. The summed E-state index contributed by atoms with van der Waals surface area (Å²) in [6.07, 6.45) is 15.0. The molecule has 4 aliphatic carbocycles. The van der Waals surface area contributed by atoms with Crippen molar-refractivity contribution in [2.45, 2.75) is 64.4 Å². The molecule has 0 aromatic carbocycles. The third kappa shape index (κ3) is 1.82. The lowest BCUT2D eigenvalue weighted by atomic mass is 9.52. The Labute approximate surface area is 149 Å². The second kappa shape index (κ2) is 4.75. The third-order valence-electron chi connectivity index (χ3n) is 8.24. The Bertz CT molecular complexity index is 772. The number of fused-ring (bicyclic) bond motifs is 6. The number of hydrogen-bond acceptors (Lipinski definition) is 3. The van der Waals surface area contributed by atoms with E-state index in [1.54, 1.807) is 0 Å². The molecule has 4 unspecified atom stereocenters. The van der Waals surface area contributed by atoms with Crippen molar-refractivity contribution in [1.29, 1.82) is 0 Å². The maximum absolute atomic E-state index is 11.9. The average molecular weight is 338 g/mol. The summed E-state index contributed by atoms with van der Waals surface area (Å²) in [7, 11) is 0. The molecule has 5 aliphatic rings. The van der Waals surface area contributed by atoms with E-state index in [2.05, 4.69) is 32.1 Å². The summed E-state index contributed by atoms with van der Waals surface area (Å²) in [5.41, 5.74) is 2.51. The fraction of sp³-hybridized carbons (Fsp3) is 0.636. The lowest BCUT2D eigenvalue weighted by Crippen LogP contribution is -2.50. The Morgan fingerprint density at radius 2 is 1.96 bits per heavy atom. The molecule has 1 spiro atoms. The van der Waals surface area contributed by atoms with Gasteiger partial charge in [0, 0.05) is 29.6 Å². The van der Waals surface area contributed by atoms with Crippen molar-refractivity contribution in [2.75, 3.05) is 0 Å². The SMILES string of the molecule is CC12CCC(=O)C=C1C=CC1C2=CCC2(C)C1CC[C@@]21CCC(=O)O1. The van der Waals surface area contributed by atoms with Gasteiger partial charge in [-0.1, -0.05) is 37.6 Å². The van der Waals surface area contributed by atoms with Crippen LogP contribution in [0.4, 0.5) is 0 Å². The summed E-state index contributed by atoms with van der Waals surface area (Å²) >= 11 is 0. The smallest absolute Gasteiger partial charge is 0.306 e. The first-order chi connectivity index (χ1) is 11.9. The Kier molecular flexibility index (Phi) is 2.96. The molecule has 132 valence electrons. The Morgan fingerprint density at radius 3 is 2.72 bits per heavy atom. The van der Waals surface area contributed by atoms with E-state index in [-0.39, 0.29) is 28.2 Å². The summed E-state index contributed by atoms with van der Waals surface area (Å²) in [6.45, 7) is 4.67. The van der Waals surface area contributed by atoms with Crippen molar-refractivity contribution in [2.24, 2.45) is 22.7 Å². The number of ketones is 1. The van der Waals surface area contributed by atoms with E-state index < -0.39 is 0 Å². The van der Waals surface area contributed by atoms with E-state index in [1.807, 2.05) is 6.08 Å². The van der Waals surface area contributed by atoms with Crippen molar-refractivity contribution < 1.29 is 14.3 Å². The zero-order valence-electron chi connectivity index (χ0n) is 15.1. The summed E-state index contributed by atoms with van der Waals surface area (Å²) in [4.78, 5) is 23.8. The van der Waals surface area contributed by atoms with Gasteiger partial charge >= 0.3 is 5.97 Å². The van der Waals surface area contributed by atoms with Gasteiger partial charge in [0.1, 0.15) is 5.60 Å². The van der Waals surface area contributed by atoms with Crippen LogP contribution in [0.15, 0.2) is 35.5 Å². The molecule has 3 nitrogen and oxygen atoms in total. The molecule has 0 bridgehead atoms. The van der Waals surface area contributed by atoms with E-state index in [1.165, 1.54) is 11.1 Å². The zero-order valence-corrected chi connectivity index (χ0v) is 15.1. The fourth-order valence-corrected chi connectivity index (χ4v) is 6.62. The number of ether oxygens (including phenoxy) is 1. The second-order valence-electron chi connectivity index (χ2n) is 9.18. The first-order valence-electron chi connectivity index (χ1n) is 9.74. The molecule has 1 aliphatic heterocycles. The highest BCUT2D eigenvalue weighted by Crippen LogP contribution is 2.66. The molecule has 1 saturated heterocycles. The quantitative estimate of drug-likeness (QED) is 0.489. The second-order valence-corrected chi connectivity index (χ2v) is 9.18. The van der Waals surface area contributed by atoms with Crippen molar-refractivity contribution in [3.8, 4) is 0 Å². The summed E-state index contributed by atoms with van der Waals surface area (Å²) in [5, 5.41) is 0. The van der Waals surface area contributed by atoms with Crippen LogP contribution in [0.2, 0.25) is 0 Å². The van der Waals surface area contributed by atoms with Crippen molar-refractivity contribution in [3.05, 3.63) is 35.5 Å². The maximum atomic E-state index is 11.9. The minimum absolute atomic E-state index is 0.0107. The Morgan fingerprint density at radius 1 is 1.12 bits per heavy atom. The molecule has 1 saturated carbocycles. The number of carbonyl (C=O) groups excluding carboxylic acids is 2. The standard InChI is InChI=1S/C22H26O3/c1-20-9-5-15(23)13-14(20)3-4-16-17(20)6-10-21(2)18(16)7-11-22(21)12-8-19(24)25-22/h3-4,6,13,16,18H,5,7-12H2,1-2H3/t16?,18?,20?,21?,22-/m1/s1. The molecule has 0 aromatic rings. The molecule has 0 amide bonds. The van der Waals surface area contributed by atoms with Gasteiger partial charge in [-0.05, 0) is 49.7 Å². The number of hydrogen-bond donors (Lipinski definition) is 0. The summed E-state index contributed by atoms with van der Waals surface area (Å²) in [6, 6.07) is 0. The summed E-state index contributed by atoms with van der Waals surface area (Å²) in [5.74, 6) is 1.20.